The Morgan fingerprint density at radius 2 is 2.00 bits per heavy atom. The van der Waals surface area contributed by atoms with Crippen molar-refractivity contribution < 1.29 is 29.7 Å². The molecule has 4 N–H and O–H groups in total. The molecule has 2 amide bonds. The summed E-state index contributed by atoms with van der Waals surface area (Å²) < 4.78 is 0. The summed E-state index contributed by atoms with van der Waals surface area (Å²) in [5.41, 5.74) is 0.0150. The quantitative estimate of drug-likeness (QED) is 0.398. The standard InChI is InChI=1S/C19H29N3O6S/c1-8-15-14(9(2)23)18(26)22(15)16(19(27)28)17(8)29-10-5-11(20-7-10)12(24)6-13(25)21(3)4/h8-12,14-15,20,23-24H,5-7H2,1-4H3,(H,27,28)/t8-,9-,10+,11+,12?,14-,15-/m1/s1. The second-order valence-electron chi connectivity index (χ2n) is 8.32. The predicted molar refractivity (Wildman–Crippen MR) is 107 cm³/mol. The van der Waals surface area contributed by atoms with Gasteiger partial charge in [-0.2, -0.15) is 0 Å². The van der Waals surface area contributed by atoms with E-state index in [1.165, 1.54) is 21.6 Å². The van der Waals surface area contributed by atoms with Gasteiger partial charge in [0, 0.05) is 42.8 Å². The first-order valence-electron chi connectivity index (χ1n) is 9.81. The number of nitrogens with zero attached hydrogens (tertiary/aromatic N) is 2. The molecule has 29 heavy (non-hydrogen) atoms. The van der Waals surface area contributed by atoms with Crippen molar-refractivity contribution in [3.8, 4) is 0 Å². The third-order valence-electron chi connectivity index (χ3n) is 6.08. The molecule has 0 spiro atoms. The molecule has 0 radical (unpaired) electrons. The molecule has 3 aliphatic rings. The largest absolute Gasteiger partial charge is 0.477 e. The van der Waals surface area contributed by atoms with Crippen LogP contribution in [0.25, 0.3) is 0 Å². The number of fused-ring (bicyclic) bond motifs is 1. The van der Waals surface area contributed by atoms with Crippen molar-refractivity contribution in [3.05, 3.63) is 10.6 Å². The first kappa shape index (κ1) is 22.1. The molecule has 3 rings (SSSR count). The lowest BCUT2D eigenvalue weighted by atomic mass is 9.79. The van der Waals surface area contributed by atoms with Gasteiger partial charge in [-0.1, -0.05) is 6.92 Å². The summed E-state index contributed by atoms with van der Waals surface area (Å²) in [5.74, 6) is -2.39. The maximum atomic E-state index is 12.4. The maximum absolute atomic E-state index is 12.4. The van der Waals surface area contributed by atoms with Gasteiger partial charge in [-0.15, -0.1) is 11.8 Å². The Balaban J connectivity index is 1.69. The predicted octanol–water partition coefficient (Wildman–Crippen LogP) is -0.557. The van der Waals surface area contributed by atoms with Crippen molar-refractivity contribution in [1.82, 2.24) is 15.1 Å². The molecule has 0 aromatic rings. The number of aliphatic carboxylic acids is 1. The fraction of sp³-hybridized carbons (Fsp3) is 0.737. The summed E-state index contributed by atoms with van der Waals surface area (Å²) in [6, 6.07) is -0.574. The molecule has 9 nitrogen and oxygen atoms in total. The number of carboxylic acid groups (broad SMARTS) is 1. The summed E-state index contributed by atoms with van der Waals surface area (Å²) in [6.07, 6.45) is -1.02. The molecule has 7 atom stereocenters. The van der Waals surface area contributed by atoms with Crippen molar-refractivity contribution in [2.24, 2.45) is 11.8 Å². The van der Waals surface area contributed by atoms with Crippen LogP contribution < -0.4 is 5.32 Å². The monoisotopic (exact) mass is 427 g/mol. The van der Waals surface area contributed by atoms with Gasteiger partial charge in [0.2, 0.25) is 11.8 Å². The number of carbonyl (C=O) groups excluding carboxylic acids is 2. The molecule has 0 aliphatic carbocycles. The SMILES string of the molecule is C[C@@H](O)[C@H]1C(=O)N2C(C(=O)O)=C(S[C@@H]3CN[C@H](C(O)CC(=O)N(C)C)C3)[C@H](C)[C@H]12. The van der Waals surface area contributed by atoms with Crippen LogP contribution in [0, 0.1) is 11.8 Å². The third kappa shape index (κ3) is 3.90. The van der Waals surface area contributed by atoms with Crippen LogP contribution in [0.3, 0.4) is 0 Å². The van der Waals surface area contributed by atoms with E-state index < -0.39 is 24.1 Å². The van der Waals surface area contributed by atoms with Crippen LogP contribution in [0.15, 0.2) is 10.6 Å². The van der Waals surface area contributed by atoms with Crippen LogP contribution >= 0.6 is 11.8 Å². The second kappa shape index (κ2) is 8.25. The van der Waals surface area contributed by atoms with Crippen LogP contribution in [0.1, 0.15) is 26.7 Å². The van der Waals surface area contributed by atoms with Crippen molar-refractivity contribution in [1.29, 1.82) is 0 Å². The van der Waals surface area contributed by atoms with Crippen molar-refractivity contribution in [2.45, 2.75) is 56.2 Å². The highest BCUT2D eigenvalue weighted by Gasteiger charge is 2.60. The van der Waals surface area contributed by atoms with Gasteiger partial charge < -0.3 is 30.4 Å². The summed E-state index contributed by atoms with van der Waals surface area (Å²) >= 11 is 1.42. The van der Waals surface area contributed by atoms with Gasteiger partial charge in [0.25, 0.3) is 0 Å². The summed E-state index contributed by atoms with van der Waals surface area (Å²) in [4.78, 5) is 39.5. The minimum atomic E-state index is -1.14. The third-order valence-corrected chi connectivity index (χ3v) is 7.59. The number of hydrogen-bond donors (Lipinski definition) is 4. The van der Waals surface area contributed by atoms with Crippen molar-refractivity contribution in [3.63, 3.8) is 0 Å². The number of amides is 2. The number of aliphatic hydroxyl groups excluding tert-OH is 2. The Labute approximate surface area is 174 Å². The second-order valence-corrected chi connectivity index (χ2v) is 9.66. The zero-order valence-electron chi connectivity index (χ0n) is 17.0. The van der Waals surface area contributed by atoms with E-state index in [9.17, 15) is 29.7 Å². The van der Waals surface area contributed by atoms with E-state index in [1.54, 1.807) is 21.0 Å². The fourth-order valence-electron chi connectivity index (χ4n) is 4.48. The lowest BCUT2D eigenvalue weighted by Gasteiger charge is -2.46. The first-order valence-corrected chi connectivity index (χ1v) is 10.7. The highest BCUT2D eigenvalue weighted by Crippen LogP contribution is 2.51. The minimum Gasteiger partial charge on any atom is -0.477 e. The minimum absolute atomic E-state index is 0.0150. The lowest BCUT2D eigenvalue weighted by molar-refractivity contribution is -0.163. The van der Waals surface area contributed by atoms with E-state index in [-0.39, 0.29) is 47.2 Å². The molecule has 1 unspecified atom stereocenters. The molecule has 3 aliphatic heterocycles. The van der Waals surface area contributed by atoms with E-state index >= 15 is 0 Å². The van der Waals surface area contributed by atoms with Gasteiger partial charge in [0.15, 0.2) is 0 Å². The number of β-lactam (4-membered cyclic amide) rings is 1. The molecule has 0 aromatic heterocycles. The average Bonchev–Trinajstić information content (AvgIpc) is 3.17. The Morgan fingerprint density at radius 3 is 2.55 bits per heavy atom. The molecule has 2 fully saturated rings. The highest BCUT2D eigenvalue weighted by atomic mass is 32.2. The Morgan fingerprint density at radius 1 is 1.34 bits per heavy atom. The summed E-state index contributed by atoms with van der Waals surface area (Å²) in [5, 5.41) is 33.2. The summed E-state index contributed by atoms with van der Waals surface area (Å²) in [7, 11) is 3.28. The number of rotatable bonds is 7. The van der Waals surface area contributed by atoms with Crippen molar-refractivity contribution in [2.75, 3.05) is 20.6 Å². The first-order chi connectivity index (χ1) is 13.5. The van der Waals surface area contributed by atoms with Gasteiger partial charge >= 0.3 is 5.97 Å². The van der Waals surface area contributed by atoms with E-state index in [1.807, 2.05) is 6.92 Å². The number of carboxylic acids is 1. The van der Waals surface area contributed by atoms with Gasteiger partial charge in [-0.25, -0.2) is 4.79 Å². The molecule has 10 heteroatoms. The van der Waals surface area contributed by atoms with Crippen LogP contribution in [-0.2, 0) is 14.4 Å². The van der Waals surface area contributed by atoms with E-state index in [0.717, 1.165) is 0 Å². The smallest absolute Gasteiger partial charge is 0.353 e. The molecule has 0 aromatic carbocycles. The highest BCUT2D eigenvalue weighted by molar-refractivity contribution is 8.03. The number of hydrogen-bond acceptors (Lipinski definition) is 7. The molecular formula is C19H29N3O6S. The molecule has 162 valence electrons. The maximum Gasteiger partial charge on any atom is 0.353 e. The zero-order valence-corrected chi connectivity index (χ0v) is 17.8. The van der Waals surface area contributed by atoms with E-state index in [2.05, 4.69) is 5.32 Å². The fourth-order valence-corrected chi connectivity index (χ4v) is 5.97. The number of carbonyl (C=O) groups is 3. The molecule has 0 bridgehead atoms. The molecule has 2 saturated heterocycles. The zero-order chi connectivity index (χ0) is 21.6. The van der Waals surface area contributed by atoms with E-state index in [4.69, 9.17) is 0 Å². The van der Waals surface area contributed by atoms with E-state index in [0.29, 0.717) is 17.9 Å². The Kier molecular flexibility index (Phi) is 6.28. The molecule has 0 saturated carbocycles. The summed E-state index contributed by atoms with van der Waals surface area (Å²) in [6.45, 7) is 4.02. The number of thioether (sulfide) groups is 1. The van der Waals surface area contributed by atoms with Crippen LogP contribution in [0.5, 0.6) is 0 Å². The number of nitrogens with one attached hydrogen (secondary N) is 1. The normalized spacial score (nSPS) is 33.4. The van der Waals surface area contributed by atoms with Gasteiger partial charge in [0.1, 0.15) is 5.70 Å². The van der Waals surface area contributed by atoms with Crippen molar-refractivity contribution >= 4 is 29.5 Å². The average molecular weight is 428 g/mol. The van der Waals surface area contributed by atoms with Crippen LogP contribution in [0.4, 0.5) is 0 Å². The molecular weight excluding hydrogens is 398 g/mol. The molecule has 3 heterocycles. The lowest BCUT2D eigenvalue weighted by Crippen LogP contribution is -2.63. The van der Waals surface area contributed by atoms with Gasteiger partial charge in [0.05, 0.1) is 30.6 Å². The van der Waals surface area contributed by atoms with Crippen LogP contribution in [0.2, 0.25) is 0 Å². The van der Waals surface area contributed by atoms with Gasteiger partial charge in [-0.05, 0) is 13.3 Å². The Bertz CT molecular complexity index is 739. The van der Waals surface area contributed by atoms with Crippen LogP contribution in [-0.4, -0.2) is 93.1 Å². The topological polar surface area (TPSA) is 130 Å². The number of aliphatic hydroxyl groups is 2. The van der Waals surface area contributed by atoms with Gasteiger partial charge in [-0.3, -0.25) is 9.59 Å². The Hall–Kier alpha value is -1.62.